The van der Waals surface area contributed by atoms with Crippen molar-refractivity contribution in [1.82, 2.24) is 20.8 Å². The molecule has 0 radical (unpaired) electrons. The largest absolute Gasteiger partial charge is 0.382 e. The molecule has 13 heavy (non-hydrogen) atoms. The second kappa shape index (κ2) is 4.15. The third-order valence-corrected chi connectivity index (χ3v) is 1.61. The number of hydrogen-bond donors (Lipinski definition) is 3. The Kier molecular flexibility index (Phi) is 3.15. The number of carbonyl (C=O) groups excluding carboxylic acids is 1. The van der Waals surface area contributed by atoms with Gasteiger partial charge in [0.25, 0.3) is 5.91 Å². The molecule has 0 saturated heterocycles. The van der Waals surface area contributed by atoms with E-state index in [1.165, 1.54) is 6.20 Å². The fourth-order valence-corrected chi connectivity index (χ4v) is 0.996. The van der Waals surface area contributed by atoms with E-state index in [0.29, 0.717) is 4.60 Å². The van der Waals surface area contributed by atoms with Gasteiger partial charge in [0, 0.05) is 7.05 Å². The van der Waals surface area contributed by atoms with Gasteiger partial charge in [-0.15, -0.1) is 0 Å². The molecule has 0 bridgehead atoms. The molecule has 1 aromatic heterocycles. The van der Waals surface area contributed by atoms with Gasteiger partial charge in [-0.05, 0) is 15.9 Å². The Morgan fingerprint density at radius 2 is 2.38 bits per heavy atom. The second-order valence-corrected chi connectivity index (χ2v) is 2.94. The second-order valence-electron chi connectivity index (χ2n) is 2.13. The van der Waals surface area contributed by atoms with Crippen LogP contribution in [-0.2, 0) is 0 Å². The number of hydrazine groups is 1. The van der Waals surface area contributed by atoms with Crippen LogP contribution in [0.4, 0.5) is 5.82 Å². The Labute approximate surface area is 83.0 Å². The van der Waals surface area contributed by atoms with Crippen LogP contribution in [0.25, 0.3) is 0 Å². The van der Waals surface area contributed by atoms with Gasteiger partial charge in [0.05, 0.1) is 6.20 Å². The number of nitrogens with one attached hydrogen (secondary N) is 2. The first-order valence-electron chi connectivity index (χ1n) is 3.40. The van der Waals surface area contributed by atoms with E-state index < -0.39 is 5.91 Å². The van der Waals surface area contributed by atoms with Gasteiger partial charge >= 0.3 is 0 Å². The molecule has 0 spiro atoms. The standard InChI is InChI=1S/C6H8BrN5O/c1-9-12-6(13)4-5(8)10-2-3(7)11-4/h2,9H,1H3,(H2,8,10)(H,12,13). The lowest BCUT2D eigenvalue weighted by Gasteiger charge is -2.03. The maximum absolute atomic E-state index is 11.2. The van der Waals surface area contributed by atoms with Crippen molar-refractivity contribution in [3.63, 3.8) is 0 Å². The van der Waals surface area contributed by atoms with E-state index in [1.54, 1.807) is 7.05 Å². The SMILES string of the molecule is CNNC(=O)c1nc(Br)cnc1N. The summed E-state index contributed by atoms with van der Waals surface area (Å²) in [7, 11) is 1.57. The fraction of sp³-hybridized carbons (Fsp3) is 0.167. The van der Waals surface area contributed by atoms with Crippen LogP contribution < -0.4 is 16.6 Å². The molecular formula is C6H8BrN5O. The molecule has 1 rings (SSSR count). The van der Waals surface area contributed by atoms with E-state index in [2.05, 4.69) is 36.7 Å². The van der Waals surface area contributed by atoms with Crippen molar-refractivity contribution in [2.75, 3.05) is 12.8 Å². The van der Waals surface area contributed by atoms with E-state index >= 15 is 0 Å². The van der Waals surface area contributed by atoms with Crippen LogP contribution in [0.3, 0.4) is 0 Å². The molecule has 1 amide bonds. The molecule has 0 saturated carbocycles. The summed E-state index contributed by atoms with van der Waals surface area (Å²) in [6, 6.07) is 0. The minimum atomic E-state index is -0.422. The van der Waals surface area contributed by atoms with Crippen molar-refractivity contribution >= 4 is 27.7 Å². The van der Waals surface area contributed by atoms with E-state index in [1.807, 2.05) is 0 Å². The van der Waals surface area contributed by atoms with E-state index in [-0.39, 0.29) is 11.5 Å². The average molecular weight is 246 g/mol. The lowest BCUT2D eigenvalue weighted by Crippen LogP contribution is -2.35. The molecule has 0 aliphatic carbocycles. The van der Waals surface area contributed by atoms with Crippen molar-refractivity contribution < 1.29 is 4.79 Å². The summed E-state index contributed by atoms with van der Waals surface area (Å²) in [5, 5.41) is 0. The first-order valence-corrected chi connectivity index (χ1v) is 4.19. The molecule has 0 unspecified atom stereocenters. The zero-order valence-electron chi connectivity index (χ0n) is 6.84. The Morgan fingerprint density at radius 1 is 1.69 bits per heavy atom. The Balaban J connectivity index is 2.99. The van der Waals surface area contributed by atoms with Crippen LogP contribution >= 0.6 is 15.9 Å². The van der Waals surface area contributed by atoms with Crippen molar-refractivity contribution in [3.05, 3.63) is 16.5 Å². The van der Waals surface area contributed by atoms with Gasteiger partial charge in [-0.1, -0.05) is 0 Å². The minimum absolute atomic E-state index is 0.0868. The number of nitrogens with zero attached hydrogens (tertiary/aromatic N) is 2. The van der Waals surface area contributed by atoms with Gasteiger partial charge in [0.15, 0.2) is 11.5 Å². The maximum Gasteiger partial charge on any atom is 0.287 e. The first-order chi connectivity index (χ1) is 6.15. The summed E-state index contributed by atoms with van der Waals surface area (Å²) < 4.78 is 0.461. The number of hydrogen-bond acceptors (Lipinski definition) is 5. The molecule has 1 heterocycles. The molecule has 7 heteroatoms. The molecule has 0 aliphatic heterocycles. The van der Waals surface area contributed by atoms with Gasteiger partial charge in [0.1, 0.15) is 4.60 Å². The highest BCUT2D eigenvalue weighted by molar-refractivity contribution is 9.10. The minimum Gasteiger partial charge on any atom is -0.382 e. The van der Waals surface area contributed by atoms with Gasteiger partial charge < -0.3 is 5.73 Å². The number of nitrogen functional groups attached to an aromatic ring is 1. The zero-order chi connectivity index (χ0) is 9.84. The molecule has 70 valence electrons. The summed E-state index contributed by atoms with van der Waals surface area (Å²) in [5.41, 5.74) is 10.3. The molecule has 4 N–H and O–H groups in total. The number of amides is 1. The van der Waals surface area contributed by atoms with Crippen LogP contribution in [0.1, 0.15) is 10.5 Å². The summed E-state index contributed by atoms with van der Waals surface area (Å²) in [4.78, 5) is 18.9. The smallest absolute Gasteiger partial charge is 0.287 e. The lowest BCUT2D eigenvalue weighted by molar-refractivity contribution is 0.0933. The van der Waals surface area contributed by atoms with Crippen LogP contribution in [0.2, 0.25) is 0 Å². The highest BCUT2D eigenvalue weighted by Crippen LogP contribution is 2.09. The highest BCUT2D eigenvalue weighted by Gasteiger charge is 2.11. The highest BCUT2D eigenvalue weighted by atomic mass is 79.9. The Bertz CT molecular complexity index is 329. The monoisotopic (exact) mass is 245 g/mol. The summed E-state index contributed by atoms with van der Waals surface area (Å²) in [6.07, 6.45) is 1.42. The Hall–Kier alpha value is -1.21. The predicted octanol–water partition coefficient (Wildman–Crippen LogP) is -0.315. The van der Waals surface area contributed by atoms with Crippen molar-refractivity contribution in [2.24, 2.45) is 0 Å². The fourth-order valence-electron chi connectivity index (χ4n) is 0.717. The summed E-state index contributed by atoms with van der Waals surface area (Å²) >= 11 is 3.09. The number of nitrogens with two attached hydrogens (primary N) is 1. The molecule has 6 nitrogen and oxygen atoms in total. The molecule has 1 aromatic rings. The molecular weight excluding hydrogens is 238 g/mol. The molecule has 0 aromatic carbocycles. The predicted molar refractivity (Wildman–Crippen MR) is 50.7 cm³/mol. The number of carbonyl (C=O) groups is 1. The van der Waals surface area contributed by atoms with Crippen LogP contribution in [0.5, 0.6) is 0 Å². The van der Waals surface area contributed by atoms with E-state index in [4.69, 9.17) is 5.73 Å². The van der Waals surface area contributed by atoms with Crippen LogP contribution in [-0.4, -0.2) is 22.9 Å². The van der Waals surface area contributed by atoms with Crippen LogP contribution in [0.15, 0.2) is 10.8 Å². The molecule has 0 fully saturated rings. The molecule has 0 aliphatic rings. The van der Waals surface area contributed by atoms with Crippen LogP contribution in [0, 0.1) is 0 Å². The van der Waals surface area contributed by atoms with Gasteiger partial charge in [-0.3, -0.25) is 10.2 Å². The maximum atomic E-state index is 11.2. The number of anilines is 1. The third kappa shape index (κ3) is 2.36. The van der Waals surface area contributed by atoms with Crippen molar-refractivity contribution in [3.8, 4) is 0 Å². The first kappa shape index (κ1) is 9.87. The summed E-state index contributed by atoms with van der Waals surface area (Å²) in [5.74, 6) is -0.329. The normalized spacial score (nSPS) is 9.69. The zero-order valence-corrected chi connectivity index (χ0v) is 8.42. The van der Waals surface area contributed by atoms with Gasteiger partial charge in [0.2, 0.25) is 0 Å². The number of rotatable bonds is 2. The van der Waals surface area contributed by atoms with Crippen molar-refractivity contribution in [2.45, 2.75) is 0 Å². The lowest BCUT2D eigenvalue weighted by atomic mass is 10.4. The summed E-state index contributed by atoms with van der Waals surface area (Å²) in [6.45, 7) is 0. The van der Waals surface area contributed by atoms with Gasteiger partial charge in [-0.25, -0.2) is 15.4 Å². The van der Waals surface area contributed by atoms with Gasteiger partial charge in [-0.2, -0.15) is 0 Å². The number of halogens is 1. The quantitative estimate of drug-likeness (QED) is 0.622. The third-order valence-electron chi connectivity index (χ3n) is 1.23. The molecule has 0 atom stereocenters. The van der Waals surface area contributed by atoms with Crippen molar-refractivity contribution in [1.29, 1.82) is 0 Å². The Morgan fingerprint density at radius 3 is 3.00 bits per heavy atom. The topological polar surface area (TPSA) is 92.9 Å². The van der Waals surface area contributed by atoms with E-state index in [0.717, 1.165) is 0 Å². The average Bonchev–Trinajstić information content (AvgIpc) is 2.09. The number of aromatic nitrogens is 2. The van der Waals surface area contributed by atoms with E-state index in [9.17, 15) is 4.79 Å².